The summed E-state index contributed by atoms with van der Waals surface area (Å²) in [5.41, 5.74) is 1.06. The molecule has 0 aliphatic carbocycles. The van der Waals surface area contributed by atoms with Crippen LogP contribution in [-0.4, -0.2) is 42.5 Å². The van der Waals surface area contributed by atoms with Gasteiger partial charge in [0.25, 0.3) is 0 Å². The summed E-state index contributed by atoms with van der Waals surface area (Å²) in [4.78, 5) is 25.7. The monoisotopic (exact) mass is 390 g/mol. The molecule has 1 aliphatic heterocycles. The predicted molar refractivity (Wildman–Crippen MR) is 89.8 cm³/mol. The number of carbonyl (C=O) groups excluding carboxylic acids is 2. The Labute approximate surface area is 144 Å². The maximum absolute atomic E-state index is 12.4. The average molecular weight is 392 g/mol. The molecule has 22 heavy (non-hydrogen) atoms. The molecule has 2 rings (SSSR count). The van der Waals surface area contributed by atoms with Crippen LogP contribution in [0.25, 0.3) is 0 Å². The normalized spacial score (nSPS) is 17.8. The SMILES string of the molecule is CCOC(=O)CC1NCCN(Cc2cccc(Br)c2)C1=O.Cl. The van der Waals surface area contributed by atoms with Crippen LogP contribution in [0.3, 0.4) is 0 Å². The van der Waals surface area contributed by atoms with Crippen LogP contribution in [0.15, 0.2) is 28.7 Å². The van der Waals surface area contributed by atoms with Crippen molar-refractivity contribution in [1.29, 1.82) is 0 Å². The summed E-state index contributed by atoms with van der Waals surface area (Å²) in [5.74, 6) is -0.387. The number of nitrogens with zero attached hydrogens (tertiary/aromatic N) is 1. The van der Waals surface area contributed by atoms with Crippen molar-refractivity contribution in [3.05, 3.63) is 34.3 Å². The Kier molecular flexibility index (Phi) is 7.85. The molecule has 1 saturated heterocycles. The van der Waals surface area contributed by atoms with Gasteiger partial charge in [-0.15, -0.1) is 12.4 Å². The van der Waals surface area contributed by atoms with Crippen molar-refractivity contribution in [2.24, 2.45) is 0 Å². The number of halogens is 2. The molecule has 122 valence electrons. The van der Waals surface area contributed by atoms with E-state index in [0.717, 1.165) is 10.0 Å². The number of piperazine rings is 1. The lowest BCUT2D eigenvalue weighted by molar-refractivity contribution is -0.148. The minimum Gasteiger partial charge on any atom is -0.466 e. The second kappa shape index (κ2) is 9.12. The fourth-order valence-corrected chi connectivity index (χ4v) is 2.80. The largest absolute Gasteiger partial charge is 0.466 e. The average Bonchev–Trinajstić information content (AvgIpc) is 2.44. The van der Waals surface area contributed by atoms with E-state index in [0.29, 0.717) is 26.2 Å². The van der Waals surface area contributed by atoms with Gasteiger partial charge in [-0.25, -0.2) is 0 Å². The highest BCUT2D eigenvalue weighted by molar-refractivity contribution is 9.10. The third-order valence-electron chi connectivity index (χ3n) is 3.32. The molecule has 0 saturated carbocycles. The summed E-state index contributed by atoms with van der Waals surface area (Å²) >= 11 is 3.43. The lowest BCUT2D eigenvalue weighted by atomic mass is 10.1. The van der Waals surface area contributed by atoms with Crippen molar-refractivity contribution >= 4 is 40.2 Å². The van der Waals surface area contributed by atoms with Crippen LogP contribution in [0, 0.1) is 0 Å². The lowest BCUT2D eigenvalue weighted by Gasteiger charge is -2.33. The Morgan fingerprint density at radius 2 is 2.27 bits per heavy atom. The van der Waals surface area contributed by atoms with Gasteiger partial charge in [-0.1, -0.05) is 28.1 Å². The topological polar surface area (TPSA) is 58.6 Å². The summed E-state index contributed by atoms with van der Waals surface area (Å²) < 4.78 is 5.90. The molecule has 1 atom stereocenters. The molecule has 1 aliphatic rings. The summed E-state index contributed by atoms with van der Waals surface area (Å²) in [7, 11) is 0. The number of ether oxygens (including phenoxy) is 1. The first-order valence-corrected chi connectivity index (χ1v) is 7.81. The number of hydrogen-bond acceptors (Lipinski definition) is 4. The predicted octanol–water partition coefficient (Wildman–Crippen LogP) is 2.12. The first kappa shape index (κ1) is 18.9. The zero-order valence-electron chi connectivity index (χ0n) is 12.4. The van der Waals surface area contributed by atoms with Crippen molar-refractivity contribution in [2.45, 2.75) is 25.9 Å². The van der Waals surface area contributed by atoms with Crippen LogP contribution in [0.4, 0.5) is 0 Å². The Morgan fingerprint density at radius 1 is 1.50 bits per heavy atom. The van der Waals surface area contributed by atoms with E-state index in [2.05, 4.69) is 21.2 Å². The first-order valence-electron chi connectivity index (χ1n) is 7.02. The molecule has 7 heteroatoms. The minimum absolute atomic E-state index is 0. The van der Waals surface area contributed by atoms with E-state index < -0.39 is 6.04 Å². The van der Waals surface area contributed by atoms with Crippen LogP contribution < -0.4 is 5.32 Å². The fraction of sp³-hybridized carbons (Fsp3) is 0.467. The molecule has 5 nitrogen and oxygen atoms in total. The van der Waals surface area contributed by atoms with Gasteiger partial charge in [-0.3, -0.25) is 9.59 Å². The molecular weight excluding hydrogens is 372 g/mol. The Hall–Kier alpha value is -1.11. The number of amides is 1. The van der Waals surface area contributed by atoms with Gasteiger partial charge in [0.05, 0.1) is 19.1 Å². The number of hydrogen-bond donors (Lipinski definition) is 1. The second-order valence-electron chi connectivity index (χ2n) is 4.91. The van der Waals surface area contributed by atoms with Gasteiger partial charge in [-0.2, -0.15) is 0 Å². The molecule has 0 radical (unpaired) electrons. The lowest BCUT2D eigenvalue weighted by Crippen LogP contribution is -2.55. The van der Waals surface area contributed by atoms with Crippen LogP contribution in [-0.2, 0) is 20.9 Å². The van der Waals surface area contributed by atoms with Crippen LogP contribution in [0.5, 0.6) is 0 Å². The maximum Gasteiger partial charge on any atom is 0.307 e. The van der Waals surface area contributed by atoms with Crippen molar-refractivity contribution in [2.75, 3.05) is 19.7 Å². The molecule has 1 amide bonds. The number of esters is 1. The Bertz CT molecular complexity index is 527. The van der Waals surface area contributed by atoms with Crippen LogP contribution in [0.1, 0.15) is 18.9 Å². The maximum atomic E-state index is 12.4. The Balaban J connectivity index is 0.00000242. The van der Waals surface area contributed by atoms with E-state index in [1.54, 1.807) is 11.8 Å². The zero-order chi connectivity index (χ0) is 15.2. The summed E-state index contributed by atoms with van der Waals surface area (Å²) in [6.07, 6.45) is 0.0850. The van der Waals surface area contributed by atoms with E-state index in [-0.39, 0.29) is 30.7 Å². The smallest absolute Gasteiger partial charge is 0.307 e. The van der Waals surface area contributed by atoms with E-state index in [1.807, 2.05) is 24.3 Å². The van der Waals surface area contributed by atoms with Gasteiger partial charge in [0.2, 0.25) is 5.91 Å². The molecule has 1 N–H and O–H groups in total. The van der Waals surface area contributed by atoms with Crippen LogP contribution in [0.2, 0.25) is 0 Å². The zero-order valence-corrected chi connectivity index (χ0v) is 14.8. The molecule has 1 heterocycles. The molecule has 0 aromatic heterocycles. The highest BCUT2D eigenvalue weighted by Gasteiger charge is 2.30. The van der Waals surface area contributed by atoms with Gasteiger partial charge >= 0.3 is 5.97 Å². The van der Waals surface area contributed by atoms with E-state index in [4.69, 9.17) is 4.74 Å². The highest BCUT2D eigenvalue weighted by atomic mass is 79.9. The fourth-order valence-electron chi connectivity index (χ4n) is 2.35. The Morgan fingerprint density at radius 3 is 2.95 bits per heavy atom. The number of nitrogens with one attached hydrogen (secondary N) is 1. The molecule has 0 spiro atoms. The van der Waals surface area contributed by atoms with Crippen molar-refractivity contribution in [3.8, 4) is 0 Å². The summed E-state index contributed by atoms with van der Waals surface area (Å²) in [5, 5.41) is 3.08. The molecule has 1 fully saturated rings. The molecular formula is C15H20BrClN2O3. The molecule has 0 bridgehead atoms. The van der Waals surface area contributed by atoms with Crippen molar-refractivity contribution in [1.82, 2.24) is 10.2 Å². The number of carbonyl (C=O) groups is 2. The quantitative estimate of drug-likeness (QED) is 0.781. The third kappa shape index (κ3) is 5.26. The van der Waals surface area contributed by atoms with E-state index >= 15 is 0 Å². The molecule has 1 aromatic carbocycles. The van der Waals surface area contributed by atoms with Crippen molar-refractivity contribution in [3.63, 3.8) is 0 Å². The van der Waals surface area contributed by atoms with Gasteiger partial charge in [-0.05, 0) is 24.6 Å². The van der Waals surface area contributed by atoms with E-state index in [9.17, 15) is 9.59 Å². The summed E-state index contributed by atoms with van der Waals surface area (Å²) in [6, 6.07) is 7.40. The molecule has 1 aromatic rings. The van der Waals surface area contributed by atoms with Crippen molar-refractivity contribution < 1.29 is 14.3 Å². The minimum atomic E-state index is -0.482. The number of benzene rings is 1. The molecule has 1 unspecified atom stereocenters. The second-order valence-corrected chi connectivity index (χ2v) is 5.82. The van der Waals surface area contributed by atoms with Gasteiger partial charge in [0.1, 0.15) is 0 Å². The van der Waals surface area contributed by atoms with E-state index in [1.165, 1.54) is 0 Å². The highest BCUT2D eigenvalue weighted by Crippen LogP contribution is 2.15. The van der Waals surface area contributed by atoms with Crippen LogP contribution >= 0.6 is 28.3 Å². The number of rotatable bonds is 5. The van der Waals surface area contributed by atoms with Gasteiger partial charge in [0.15, 0.2) is 0 Å². The third-order valence-corrected chi connectivity index (χ3v) is 3.81. The first-order chi connectivity index (χ1) is 10.1. The summed E-state index contributed by atoms with van der Waals surface area (Å²) in [6.45, 7) is 3.98. The standard InChI is InChI=1S/C15H19BrN2O3.ClH/c1-2-21-14(19)9-13-15(20)18(7-6-17-13)10-11-4-3-5-12(16)8-11;/h3-5,8,13,17H,2,6-7,9-10H2,1H3;1H. The van der Waals surface area contributed by atoms with Gasteiger partial charge in [0, 0.05) is 24.1 Å². The van der Waals surface area contributed by atoms with Gasteiger partial charge < -0.3 is 15.0 Å².